The molecule has 1 aliphatic heterocycles. The molecule has 2 atom stereocenters. The first-order valence-corrected chi connectivity index (χ1v) is 11.2. The highest BCUT2D eigenvalue weighted by molar-refractivity contribution is 7.89. The largest absolute Gasteiger partial charge is 0.455 e. The molecule has 1 saturated carbocycles. The van der Waals surface area contributed by atoms with Crippen LogP contribution in [0.5, 0.6) is 0 Å². The zero-order chi connectivity index (χ0) is 20.5. The minimum atomic E-state index is -3.58. The Bertz CT molecular complexity index is 827. The summed E-state index contributed by atoms with van der Waals surface area (Å²) >= 11 is 0. The van der Waals surface area contributed by atoms with Crippen molar-refractivity contribution in [1.29, 1.82) is 0 Å². The van der Waals surface area contributed by atoms with Crippen molar-refractivity contribution < 1.29 is 22.7 Å². The topological polar surface area (TPSA) is 84.0 Å². The van der Waals surface area contributed by atoms with Crippen molar-refractivity contribution in [3.63, 3.8) is 0 Å². The normalized spacial score (nSPS) is 22.9. The van der Waals surface area contributed by atoms with Gasteiger partial charge in [-0.15, -0.1) is 0 Å². The molecule has 2 fully saturated rings. The number of rotatable bonds is 6. The Morgan fingerprint density at radius 3 is 2.18 bits per heavy atom. The van der Waals surface area contributed by atoms with E-state index < -0.39 is 10.0 Å². The molecule has 0 N–H and O–H groups in total. The molecule has 28 heavy (non-hydrogen) atoms. The molecule has 1 saturated heterocycles. The van der Waals surface area contributed by atoms with Gasteiger partial charge in [0, 0.05) is 26.2 Å². The van der Waals surface area contributed by atoms with Crippen LogP contribution in [0.4, 0.5) is 0 Å². The fourth-order valence-corrected chi connectivity index (χ4v) is 4.76. The molecule has 0 spiro atoms. The summed E-state index contributed by atoms with van der Waals surface area (Å²) in [6.45, 7) is 6.86. The van der Waals surface area contributed by atoms with Crippen LogP contribution < -0.4 is 0 Å². The Balaban J connectivity index is 1.52. The number of hydrogen-bond acceptors (Lipinski definition) is 5. The average Bonchev–Trinajstić information content (AvgIpc) is 3.42. The van der Waals surface area contributed by atoms with E-state index in [9.17, 15) is 18.0 Å². The van der Waals surface area contributed by atoms with Gasteiger partial charge in [-0.1, -0.05) is 32.9 Å². The molecule has 2 aliphatic rings. The summed E-state index contributed by atoms with van der Waals surface area (Å²) in [5.74, 6) is 0.0123. The predicted octanol–water partition coefficient (Wildman–Crippen LogP) is 1.84. The molecule has 1 amide bonds. The Kier molecular flexibility index (Phi) is 6.09. The van der Waals surface area contributed by atoms with E-state index in [-0.39, 0.29) is 42.4 Å². The summed E-state index contributed by atoms with van der Waals surface area (Å²) in [7, 11) is -3.58. The van der Waals surface area contributed by atoms with Gasteiger partial charge in [0.05, 0.1) is 10.8 Å². The van der Waals surface area contributed by atoms with Crippen LogP contribution in [0.15, 0.2) is 29.2 Å². The lowest BCUT2D eigenvalue weighted by Crippen LogP contribution is -2.51. The third kappa shape index (κ3) is 4.55. The van der Waals surface area contributed by atoms with Crippen molar-refractivity contribution in [3.8, 4) is 0 Å². The lowest BCUT2D eigenvalue weighted by atomic mass is 10.0. The van der Waals surface area contributed by atoms with Crippen LogP contribution in [-0.2, 0) is 24.3 Å². The van der Waals surface area contributed by atoms with Gasteiger partial charge >= 0.3 is 5.97 Å². The van der Waals surface area contributed by atoms with Gasteiger partial charge in [-0.3, -0.25) is 9.59 Å². The molecule has 1 aromatic carbocycles. The second-order valence-corrected chi connectivity index (χ2v) is 9.87. The molecule has 1 aliphatic carbocycles. The SMILES string of the molecule is CC(C)c1ccc(S(=O)(=O)N2CCN(C(=O)COC(=O)[C@H]3C[C@H]3C)CC2)cc1. The number of nitrogens with zero attached hydrogens (tertiary/aromatic N) is 2. The molecule has 8 heteroatoms. The van der Waals surface area contributed by atoms with E-state index in [0.29, 0.717) is 24.9 Å². The molecule has 0 aromatic heterocycles. The summed E-state index contributed by atoms with van der Waals surface area (Å²) in [6.07, 6.45) is 0.821. The lowest BCUT2D eigenvalue weighted by molar-refractivity contribution is -0.153. The quantitative estimate of drug-likeness (QED) is 0.671. The smallest absolute Gasteiger partial charge is 0.309 e. The highest BCUT2D eigenvalue weighted by atomic mass is 32.2. The fraction of sp³-hybridized carbons (Fsp3) is 0.600. The van der Waals surface area contributed by atoms with Gasteiger partial charge in [-0.05, 0) is 36.0 Å². The molecule has 0 radical (unpaired) electrons. The van der Waals surface area contributed by atoms with Gasteiger partial charge in [0.25, 0.3) is 5.91 Å². The first-order valence-electron chi connectivity index (χ1n) is 9.74. The van der Waals surface area contributed by atoms with E-state index in [0.717, 1.165) is 12.0 Å². The fourth-order valence-electron chi connectivity index (χ4n) is 3.33. The van der Waals surface area contributed by atoms with Crippen LogP contribution >= 0.6 is 0 Å². The number of hydrogen-bond donors (Lipinski definition) is 0. The van der Waals surface area contributed by atoms with Crippen LogP contribution in [0.25, 0.3) is 0 Å². The van der Waals surface area contributed by atoms with Gasteiger partial charge in [-0.25, -0.2) is 8.42 Å². The highest BCUT2D eigenvalue weighted by Gasteiger charge is 2.41. The molecule has 154 valence electrons. The van der Waals surface area contributed by atoms with Crippen LogP contribution in [-0.4, -0.2) is 62.3 Å². The molecule has 1 aromatic rings. The van der Waals surface area contributed by atoms with Crippen molar-refractivity contribution >= 4 is 21.9 Å². The summed E-state index contributed by atoms with van der Waals surface area (Å²) in [4.78, 5) is 25.8. The zero-order valence-corrected chi connectivity index (χ0v) is 17.4. The zero-order valence-electron chi connectivity index (χ0n) is 16.6. The summed E-state index contributed by atoms with van der Waals surface area (Å²) in [5, 5.41) is 0. The predicted molar refractivity (Wildman–Crippen MR) is 104 cm³/mol. The van der Waals surface area contributed by atoms with Crippen LogP contribution in [0.2, 0.25) is 0 Å². The van der Waals surface area contributed by atoms with Crippen LogP contribution in [0.1, 0.15) is 38.7 Å². The number of sulfonamides is 1. The van der Waals surface area contributed by atoms with Crippen LogP contribution in [0.3, 0.4) is 0 Å². The van der Waals surface area contributed by atoms with Gasteiger partial charge in [0.1, 0.15) is 0 Å². The molecule has 0 unspecified atom stereocenters. The Morgan fingerprint density at radius 2 is 1.68 bits per heavy atom. The lowest BCUT2D eigenvalue weighted by Gasteiger charge is -2.33. The monoisotopic (exact) mass is 408 g/mol. The molecule has 1 heterocycles. The second-order valence-electron chi connectivity index (χ2n) is 7.94. The Morgan fingerprint density at radius 1 is 1.11 bits per heavy atom. The van der Waals surface area contributed by atoms with E-state index in [1.807, 2.05) is 19.1 Å². The Labute approximate surface area is 166 Å². The maximum Gasteiger partial charge on any atom is 0.309 e. The molecular weight excluding hydrogens is 380 g/mol. The van der Waals surface area contributed by atoms with E-state index >= 15 is 0 Å². The van der Waals surface area contributed by atoms with E-state index in [1.165, 1.54) is 4.31 Å². The summed E-state index contributed by atoms with van der Waals surface area (Å²) < 4.78 is 32.1. The van der Waals surface area contributed by atoms with Gasteiger partial charge in [0.2, 0.25) is 10.0 Å². The van der Waals surface area contributed by atoms with E-state index in [2.05, 4.69) is 13.8 Å². The molecular formula is C20H28N2O5S. The number of benzene rings is 1. The van der Waals surface area contributed by atoms with Gasteiger partial charge in [-0.2, -0.15) is 4.31 Å². The number of piperazine rings is 1. The van der Waals surface area contributed by atoms with Crippen LogP contribution in [0, 0.1) is 11.8 Å². The van der Waals surface area contributed by atoms with E-state index in [1.54, 1.807) is 17.0 Å². The maximum absolute atomic E-state index is 12.8. The molecule has 0 bridgehead atoms. The number of carbonyl (C=O) groups excluding carboxylic acids is 2. The van der Waals surface area contributed by atoms with Crippen molar-refractivity contribution in [2.75, 3.05) is 32.8 Å². The standard InChI is InChI=1S/C20H28N2O5S/c1-14(2)16-4-6-17(7-5-16)28(25,26)22-10-8-21(9-11-22)19(23)13-27-20(24)18-12-15(18)3/h4-7,14-15,18H,8-13H2,1-3H3/t15-,18+/m1/s1. The summed E-state index contributed by atoms with van der Waals surface area (Å²) in [6, 6.07) is 6.96. The van der Waals surface area contributed by atoms with Crippen molar-refractivity contribution in [2.24, 2.45) is 11.8 Å². The molecule has 7 nitrogen and oxygen atoms in total. The number of ether oxygens (including phenoxy) is 1. The third-order valence-electron chi connectivity index (χ3n) is 5.53. The Hall–Kier alpha value is -1.93. The number of esters is 1. The van der Waals surface area contributed by atoms with Crippen molar-refractivity contribution in [2.45, 2.75) is 38.0 Å². The highest BCUT2D eigenvalue weighted by Crippen LogP contribution is 2.38. The average molecular weight is 409 g/mol. The number of amides is 1. The minimum Gasteiger partial charge on any atom is -0.455 e. The maximum atomic E-state index is 12.8. The molecule has 3 rings (SSSR count). The third-order valence-corrected chi connectivity index (χ3v) is 7.44. The number of carbonyl (C=O) groups is 2. The summed E-state index contributed by atoms with van der Waals surface area (Å²) in [5.41, 5.74) is 1.09. The van der Waals surface area contributed by atoms with Crippen molar-refractivity contribution in [3.05, 3.63) is 29.8 Å². The minimum absolute atomic E-state index is 0.0723. The van der Waals surface area contributed by atoms with E-state index in [4.69, 9.17) is 4.74 Å². The van der Waals surface area contributed by atoms with Gasteiger partial charge in [0.15, 0.2) is 6.61 Å². The second kappa shape index (κ2) is 8.21. The van der Waals surface area contributed by atoms with Crippen molar-refractivity contribution in [1.82, 2.24) is 9.21 Å². The van der Waals surface area contributed by atoms with Gasteiger partial charge < -0.3 is 9.64 Å². The first kappa shape index (κ1) is 20.8. The first-order chi connectivity index (χ1) is 13.2.